The molecule has 2 unspecified atom stereocenters. The lowest BCUT2D eigenvalue weighted by molar-refractivity contribution is -0.130. The Bertz CT molecular complexity index is 683. The Morgan fingerprint density at radius 2 is 2.12 bits per heavy atom. The summed E-state index contributed by atoms with van der Waals surface area (Å²) in [5.41, 5.74) is 1.01. The maximum atomic E-state index is 12.2. The highest BCUT2D eigenvalue weighted by molar-refractivity contribution is 5.75. The number of aliphatic hydroxyl groups is 1. The molecule has 1 fully saturated rings. The van der Waals surface area contributed by atoms with E-state index in [9.17, 15) is 9.90 Å². The predicted molar refractivity (Wildman–Crippen MR) is 95.9 cm³/mol. The number of amides is 1. The van der Waals surface area contributed by atoms with Crippen molar-refractivity contribution in [2.75, 3.05) is 13.6 Å². The van der Waals surface area contributed by atoms with Gasteiger partial charge in [0.1, 0.15) is 0 Å². The zero-order valence-corrected chi connectivity index (χ0v) is 14.7. The molecule has 3 rings (SSSR count). The first-order valence-corrected chi connectivity index (χ1v) is 9.05. The van der Waals surface area contributed by atoms with Crippen molar-refractivity contribution in [2.45, 2.75) is 44.6 Å². The van der Waals surface area contributed by atoms with Gasteiger partial charge in [0.15, 0.2) is 11.7 Å². The van der Waals surface area contributed by atoms with Crippen molar-refractivity contribution < 1.29 is 14.3 Å². The molecule has 2 aromatic rings. The molecule has 1 N–H and O–H groups in total. The molecular weight excluding hydrogens is 316 g/mol. The summed E-state index contributed by atoms with van der Waals surface area (Å²) in [6.07, 6.45) is 6.25. The molecule has 1 aliphatic carbocycles. The lowest BCUT2D eigenvalue weighted by Gasteiger charge is -2.23. The van der Waals surface area contributed by atoms with Crippen molar-refractivity contribution in [3.05, 3.63) is 42.4 Å². The summed E-state index contributed by atoms with van der Waals surface area (Å²) >= 11 is 0. The fourth-order valence-corrected chi connectivity index (χ4v) is 3.43. The van der Waals surface area contributed by atoms with E-state index in [2.05, 4.69) is 4.98 Å². The fourth-order valence-electron chi connectivity index (χ4n) is 3.43. The summed E-state index contributed by atoms with van der Waals surface area (Å²) in [6, 6.07) is 9.87. The molecule has 1 aromatic carbocycles. The van der Waals surface area contributed by atoms with Crippen LogP contribution in [0.1, 0.15) is 38.0 Å². The highest BCUT2D eigenvalue weighted by Crippen LogP contribution is 2.26. The molecule has 2 atom stereocenters. The van der Waals surface area contributed by atoms with Crippen molar-refractivity contribution >= 4 is 5.91 Å². The Morgan fingerprint density at radius 1 is 1.32 bits per heavy atom. The van der Waals surface area contributed by atoms with Crippen molar-refractivity contribution in [3.63, 3.8) is 0 Å². The maximum Gasteiger partial charge on any atom is 0.222 e. The zero-order valence-electron chi connectivity index (χ0n) is 14.7. The molecule has 0 radical (unpaired) electrons. The molecule has 0 saturated heterocycles. The van der Waals surface area contributed by atoms with Gasteiger partial charge in [0.05, 0.1) is 12.3 Å². The van der Waals surface area contributed by atoms with Crippen molar-refractivity contribution in [1.29, 1.82) is 0 Å². The molecule has 1 heterocycles. The quantitative estimate of drug-likeness (QED) is 0.838. The number of rotatable bonds is 7. The molecular formula is C20H26N2O3. The van der Waals surface area contributed by atoms with E-state index in [0.717, 1.165) is 30.6 Å². The molecule has 1 saturated carbocycles. The average molecular weight is 342 g/mol. The first-order valence-electron chi connectivity index (χ1n) is 9.05. The number of hydrogen-bond acceptors (Lipinski definition) is 4. The van der Waals surface area contributed by atoms with Crippen LogP contribution in [-0.2, 0) is 11.2 Å². The third kappa shape index (κ3) is 4.69. The van der Waals surface area contributed by atoms with Crippen molar-refractivity contribution in [3.8, 4) is 11.3 Å². The number of aryl methyl sites for hydroxylation is 1. The van der Waals surface area contributed by atoms with Gasteiger partial charge >= 0.3 is 0 Å². The van der Waals surface area contributed by atoms with E-state index in [1.165, 1.54) is 0 Å². The molecule has 0 bridgehead atoms. The zero-order chi connectivity index (χ0) is 17.6. The molecule has 0 spiro atoms. The number of benzene rings is 1. The van der Waals surface area contributed by atoms with Crippen LogP contribution in [0, 0.1) is 5.92 Å². The van der Waals surface area contributed by atoms with Crippen molar-refractivity contribution in [1.82, 2.24) is 9.88 Å². The molecule has 0 aliphatic heterocycles. The second-order valence-electron chi connectivity index (χ2n) is 6.87. The first kappa shape index (κ1) is 17.7. The molecule has 25 heavy (non-hydrogen) atoms. The minimum atomic E-state index is -0.251. The number of oxazole rings is 1. The van der Waals surface area contributed by atoms with E-state index in [-0.39, 0.29) is 17.9 Å². The van der Waals surface area contributed by atoms with Gasteiger partial charge in [0.2, 0.25) is 5.91 Å². The Kier molecular flexibility index (Phi) is 5.87. The van der Waals surface area contributed by atoms with Gasteiger partial charge in [-0.1, -0.05) is 36.8 Å². The van der Waals surface area contributed by atoms with Crippen LogP contribution in [0.25, 0.3) is 11.3 Å². The topological polar surface area (TPSA) is 66.6 Å². The molecule has 5 nitrogen and oxygen atoms in total. The molecule has 1 aromatic heterocycles. The number of aromatic nitrogens is 1. The van der Waals surface area contributed by atoms with E-state index < -0.39 is 0 Å². The van der Waals surface area contributed by atoms with E-state index >= 15 is 0 Å². The van der Waals surface area contributed by atoms with Gasteiger partial charge in [-0.2, -0.15) is 0 Å². The highest BCUT2D eigenvalue weighted by atomic mass is 16.4. The number of aliphatic hydroxyl groups excluding tert-OH is 1. The summed E-state index contributed by atoms with van der Waals surface area (Å²) in [5, 5.41) is 9.88. The Balaban J connectivity index is 1.43. The minimum Gasteiger partial charge on any atom is -0.441 e. The lowest BCUT2D eigenvalue weighted by atomic mass is 10.1. The SMILES string of the molecule is CN(CC1CCCC1O)C(=O)CCCc1ncc(-c2ccccc2)o1. The van der Waals surface area contributed by atoms with Crippen LogP contribution in [0.15, 0.2) is 40.9 Å². The van der Waals surface area contributed by atoms with Gasteiger partial charge in [-0.25, -0.2) is 4.98 Å². The molecule has 1 aliphatic rings. The number of hydrogen-bond donors (Lipinski definition) is 1. The third-order valence-electron chi connectivity index (χ3n) is 4.95. The third-order valence-corrected chi connectivity index (χ3v) is 4.95. The van der Waals surface area contributed by atoms with Gasteiger partial charge in [0, 0.05) is 37.9 Å². The van der Waals surface area contributed by atoms with Crippen LogP contribution in [0.5, 0.6) is 0 Å². The summed E-state index contributed by atoms with van der Waals surface area (Å²) in [6.45, 7) is 0.650. The van der Waals surface area contributed by atoms with Crippen LogP contribution in [0.2, 0.25) is 0 Å². The second-order valence-corrected chi connectivity index (χ2v) is 6.87. The maximum absolute atomic E-state index is 12.2. The first-order chi connectivity index (χ1) is 12.1. The van der Waals surface area contributed by atoms with Crippen LogP contribution < -0.4 is 0 Å². The molecule has 134 valence electrons. The average Bonchev–Trinajstić information content (AvgIpc) is 3.25. The van der Waals surface area contributed by atoms with Gasteiger partial charge in [0.25, 0.3) is 0 Å². The van der Waals surface area contributed by atoms with Gasteiger partial charge < -0.3 is 14.4 Å². The Hall–Kier alpha value is -2.14. The summed E-state index contributed by atoms with van der Waals surface area (Å²) < 4.78 is 5.76. The standard InChI is InChI=1S/C20H26N2O3/c1-22(14-16-9-5-10-17(16)23)20(24)12-6-11-19-21-13-18(25-19)15-7-3-2-4-8-15/h2-4,7-8,13,16-17,23H,5-6,9-12,14H2,1H3. The fraction of sp³-hybridized carbons (Fsp3) is 0.500. The smallest absolute Gasteiger partial charge is 0.222 e. The lowest BCUT2D eigenvalue weighted by Crippen LogP contribution is -2.34. The summed E-state index contributed by atoms with van der Waals surface area (Å²) in [4.78, 5) is 18.3. The minimum absolute atomic E-state index is 0.119. The molecule has 5 heteroatoms. The van der Waals surface area contributed by atoms with E-state index in [1.54, 1.807) is 11.1 Å². The number of nitrogens with zero attached hydrogens (tertiary/aromatic N) is 2. The van der Waals surface area contributed by atoms with E-state index in [0.29, 0.717) is 31.7 Å². The van der Waals surface area contributed by atoms with Crippen LogP contribution >= 0.6 is 0 Å². The number of carbonyl (C=O) groups is 1. The predicted octanol–water partition coefficient (Wildman–Crippen LogP) is 3.28. The van der Waals surface area contributed by atoms with Gasteiger partial charge in [-0.15, -0.1) is 0 Å². The second kappa shape index (κ2) is 8.30. The van der Waals surface area contributed by atoms with Crippen molar-refractivity contribution in [2.24, 2.45) is 5.92 Å². The van der Waals surface area contributed by atoms with Crippen LogP contribution in [-0.4, -0.2) is 40.6 Å². The van der Waals surface area contributed by atoms with E-state index in [1.807, 2.05) is 37.4 Å². The summed E-state index contributed by atoms with van der Waals surface area (Å²) in [5.74, 6) is 1.78. The van der Waals surface area contributed by atoms with Gasteiger partial charge in [-0.3, -0.25) is 4.79 Å². The number of carbonyl (C=O) groups excluding carboxylic acids is 1. The monoisotopic (exact) mass is 342 g/mol. The Labute approximate surface area is 148 Å². The van der Waals surface area contributed by atoms with Gasteiger partial charge in [-0.05, 0) is 19.3 Å². The largest absolute Gasteiger partial charge is 0.441 e. The highest BCUT2D eigenvalue weighted by Gasteiger charge is 2.27. The Morgan fingerprint density at radius 3 is 2.84 bits per heavy atom. The normalized spacial score (nSPS) is 19.9. The van der Waals surface area contributed by atoms with Crippen LogP contribution in [0.4, 0.5) is 0 Å². The summed E-state index contributed by atoms with van der Waals surface area (Å²) in [7, 11) is 1.83. The van der Waals surface area contributed by atoms with E-state index in [4.69, 9.17) is 4.42 Å². The van der Waals surface area contributed by atoms with Crippen LogP contribution in [0.3, 0.4) is 0 Å². The molecule has 1 amide bonds.